The lowest BCUT2D eigenvalue weighted by atomic mass is 10.1. The number of hydrogen-bond donors (Lipinski definition) is 1. The number of nitrogens with zero attached hydrogens (tertiary/aromatic N) is 2. The van der Waals surface area contributed by atoms with Crippen molar-refractivity contribution in [2.45, 2.75) is 32.2 Å². The molecule has 0 saturated heterocycles. The molecule has 0 spiro atoms. The summed E-state index contributed by atoms with van der Waals surface area (Å²) in [7, 11) is 1.63. The molecule has 1 aliphatic rings. The van der Waals surface area contributed by atoms with E-state index in [-0.39, 0.29) is 5.91 Å². The third kappa shape index (κ3) is 7.00. The van der Waals surface area contributed by atoms with E-state index in [1.807, 2.05) is 36.4 Å². The first-order valence-electron chi connectivity index (χ1n) is 10.6. The number of methoxy groups -OCH3 is 1. The summed E-state index contributed by atoms with van der Waals surface area (Å²) in [6, 6.07) is 11.6. The van der Waals surface area contributed by atoms with E-state index in [0.29, 0.717) is 44.5 Å². The van der Waals surface area contributed by atoms with Crippen LogP contribution < -0.4 is 14.8 Å². The second-order valence-electron chi connectivity index (χ2n) is 7.33. The lowest BCUT2D eigenvalue weighted by molar-refractivity contribution is -0.122. The molecule has 0 fully saturated rings. The number of benzene rings is 1. The van der Waals surface area contributed by atoms with Gasteiger partial charge in [0, 0.05) is 32.0 Å². The molecule has 7 nitrogen and oxygen atoms in total. The molecular formula is C23H31N3O4. The first kappa shape index (κ1) is 22.1. The molecule has 162 valence electrons. The maximum Gasteiger partial charge on any atom is 0.234 e. The first-order valence-corrected chi connectivity index (χ1v) is 10.6. The topological polar surface area (TPSA) is 72.9 Å². The Morgan fingerprint density at radius 1 is 1.13 bits per heavy atom. The van der Waals surface area contributed by atoms with E-state index in [1.165, 1.54) is 0 Å². The van der Waals surface area contributed by atoms with Crippen molar-refractivity contribution in [3.63, 3.8) is 0 Å². The minimum Gasteiger partial charge on any atom is -0.490 e. The molecule has 0 atom stereocenters. The molecule has 0 bridgehead atoms. The van der Waals surface area contributed by atoms with Crippen LogP contribution in [-0.2, 0) is 16.1 Å². The van der Waals surface area contributed by atoms with Gasteiger partial charge >= 0.3 is 0 Å². The Morgan fingerprint density at radius 3 is 2.83 bits per heavy atom. The van der Waals surface area contributed by atoms with Crippen LogP contribution in [0.15, 0.2) is 42.6 Å². The number of nitrogens with one attached hydrogen (secondary N) is 1. The maximum atomic E-state index is 12.4. The van der Waals surface area contributed by atoms with Gasteiger partial charge in [-0.2, -0.15) is 0 Å². The molecule has 0 saturated carbocycles. The molecule has 1 aromatic heterocycles. The molecule has 1 aliphatic heterocycles. The molecule has 1 N–H and O–H groups in total. The maximum absolute atomic E-state index is 12.4. The summed E-state index contributed by atoms with van der Waals surface area (Å²) < 4.78 is 17.1. The van der Waals surface area contributed by atoms with Crippen molar-refractivity contribution in [1.29, 1.82) is 0 Å². The van der Waals surface area contributed by atoms with E-state index in [9.17, 15) is 4.79 Å². The van der Waals surface area contributed by atoms with Gasteiger partial charge in [-0.15, -0.1) is 0 Å². The summed E-state index contributed by atoms with van der Waals surface area (Å²) in [4.78, 5) is 19.0. The van der Waals surface area contributed by atoms with Gasteiger partial charge in [0.15, 0.2) is 11.5 Å². The number of rotatable bonds is 5. The minimum absolute atomic E-state index is 0.00160. The monoisotopic (exact) mass is 413 g/mol. The van der Waals surface area contributed by atoms with E-state index in [1.54, 1.807) is 13.3 Å². The third-order valence-electron chi connectivity index (χ3n) is 4.92. The van der Waals surface area contributed by atoms with E-state index in [0.717, 1.165) is 43.5 Å². The van der Waals surface area contributed by atoms with Gasteiger partial charge in [0.2, 0.25) is 11.8 Å². The van der Waals surface area contributed by atoms with Crippen molar-refractivity contribution in [3.05, 3.63) is 48.2 Å². The van der Waals surface area contributed by atoms with Crippen LogP contribution in [0.25, 0.3) is 0 Å². The van der Waals surface area contributed by atoms with E-state index >= 15 is 0 Å². The Balaban J connectivity index is 1.77. The molecule has 7 heteroatoms. The second-order valence-corrected chi connectivity index (χ2v) is 7.33. The van der Waals surface area contributed by atoms with Crippen LogP contribution in [0.3, 0.4) is 0 Å². The van der Waals surface area contributed by atoms with Crippen molar-refractivity contribution in [3.8, 4) is 17.4 Å². The van der Waals surface area contributed by atoms with Gasteiger partial charge in [-0.05, 0) is 37.6 Å². The smallest absolute Gasteiger partial charge is 0.234 e. The van der Waals surface area contributed by atoms with Gasteiger partial charge < -0.3 is 19.5 Å². The lowest BCUT2D eigenvalue weighted by Crippen LogP contribution is -2.38. The zero-order valence-electron chi connectivity index (χ0n) is 17.6. The predicted molar refractivity (Wildman–Crippen MR) is 115 cm³/mol. The van der Waals surface area contributed by atoms with Crippen LogP contribution in [0.5, 0.6) is 17.4 Å². The summed E-state index contributed by atoms with van der Waals surface area (Å²) in [6.45, 7) is 3.43. The van der Waals surface area contributed by atoms with Crippen LogP contribution in [-0.4, -0.2) is 55.7 Å². The molecule has 0 aliphatic carbocycles. The summed E-state index contributed by atoms with van der Waals surface area (Å²) in [6.07, 6.45) is 5.92. The molecule has 2 aromatic rings. The molecule has 0 unspecified atom stereocenters. The highest BCUT2D eigenvalue weighted by atomic mass is 16.5. The molecule has 30 heavy (non-hydrogen) atoms. The fraction of sp³-hybridized carbons (Fsp3) is 0.478. The highest BCUT2D eigenvalue weighted by Gasteiger charge is 2.16. The molecule has 1 aromatic carbocycles. The zero-order chi connectivity index (χ0) is 21.0. The van der Waals surface area contributed by atoms with E-state index in [2.05, 4.69) is 15.2 Å². The largest absolute Gasteiger partial charge is 0.490 e. The number of carbonyl (C=O) groups excluding carboxylic acids is 1. The van der Waals surface area contributed by atoms with Crippen LogP contribution >= 0.6 is 0 Å². The molecule has 3 rings (SSSR count). The standard InChI is InChI=1S/C23H31N3O4/c1-28-16-13-24-22(27)18-26-14-6-2-3-7-15-29-20-10-4-5-11-21(20)30-23-19(17-26)9-8-12-25-23/h4-5,8-12H,2-3,6-7,13-18H2,1H3,(H,24,27). The molecule has 2 heterocycles. The number of aromatic nitrogens is 1. The third-order valence-corrected chi connectivity index (χ3v) is 4.92. The Morgan fingerprint density at radius 2 is 1.97 bits per heavy atom. The number of para-hydroxylation sites is 2. The molecule has 0 radical (unpaired) electrons. The van der Waals surface area contributed by atoms with Crippen LogP contribution in [0.2, 0.25) is 0 Å². The number of ether oxygens (including phenoxy) is 3. The Labute approximate surface area is 178 Å². The normalized spacial score (nSPS) is 15.6. The fourth-order valence-corrected chi connectivity index (χ4v) is 3.37. The quantitative estimate of drug-likeness (QED) is 0.758. The van der Waals surface area contributed by atoms with Crippen molar-refractivity contribution < 1.29 is 19.0 Å². The summed E-state index contributed by atoms with van der Waals surface area (Å²) in [5.41, 5.74) is 0.939. The number of hydrogen-bond acceptors (Lipinski definition) is 6. The number of amides is 1. The van der Waals surface area contributed by atoms with Crippen molar-refractivity contribution >= 4 is 5.91 Å². The zero-order valence-corrected chi connectivity index (χ0v) is 17.6. The second kappa shape index (κ2) is 12.1. The number of fused-ring (bicyclic) bond motifs is 2. The van der Waals surface area contributed by atoms with E-state index < -0.39 is 0 Å². The Bertz CT molecular complexity index is 800. The van der Waals surface area contributed by atoms with Crippen LogP contribution in [0, 0.1) is 0 Å². The Hall–Kier alpha value is -2.64. The lowest BCUT2D eigenvalue weighted by Gasteiger charge is -2.23. The Kier molecular flexibility index (Phi) is 8.93. The van der Waals surface area contributed by atoms with Crippen molar-refractivity contribution in [1.82, 2.24) is 15.2 Å². The van der Waals surface area contributed by atoms with Gasteiger partial charge in [0.25, 0.3) is 0 Å². The predicted octanol–water partition coefficient (Wildman–Crippen LogP) is 3.39. The highest BCUT2D eigenvalue weighted by Crippen LogP contribution is 2.32. The SMILES string of the molecule is COCCNC(=O)CN1CCCCCCOc2ccccc2Oc2ncccc2C1. The van der Waals surface area contributed by atoms with Crippen molar-refractivity contribution in [2.24, 2.45) is 0 Å². The summed E-state index contributed by atoms with van der Waals surface area (Å²) in [5.74, 6) is 1.91. The molecular weight excluding hydrogens is 382 g/mol. The summed E-state index contributed by atoms with van der Waals surface area (Å²) >= 11 is 0. The molecule has 1 amide bonds. The highest BCUT2D eigenvalue weighted by molar-refractivity contribution is 5.78. The first-order chi connectivity index (χ1) is 14.8. The van der Waals surface area contributed by atoms with Gasteiger partial charge in [-0.25, -0.2) is 4.98 Å². The van der Waals surface area contributed by atoms with Gasteiger partial charge in [-0.3, -0.25) is 9.69 Å². The average Bonchev–Trinajstić information content (AvgIpc) is 2.75. The van der Waals surface area contributed by atoms with Crippen LogP contribution in [0.1, 0.15) is 31.2 Å². The number of carbonyl (C=O) groups is 1. The minimum atomic E-state index is -0.00160. The van der Waals surface area contributed by atoms with E-state index in [4.69, 9.17) is 14.2 Å². The number of pyridine rings is 1. The van der Waals surface area contributed by atoms with Crippen LogP contribution in [0.4, 0.5) is 0 Å². The van der Waals surface area contributed by atoms with Gasteiger partial charge in [-0.1, -0.05) is 31.0 Å². The summed E-state index contributed by atoms with van der Waals surface area (Å²) in [5, 5.41) is 2.90. The fourth-order valence-electron chi connectivity index (χ4n) is 3.37. The van der Waals surface area contributed by atoms with Crippen molar-refractivity contribution in [2.75, 3.05) is 40.0 Å². The van der Waals surface area contributed by atoms with Gasteiger partial charge in [0.05, 0.1) is 19.8 Å². The average molecular weight is 414 g/mol. The van der Waals surface area contributed by atoms with Gasteiger partial charge in [0.1, 0.15) is 0 Å².